The molecule has 1 saturated carbocycles. The Kier molecular flexibility index (Phi) is 4.70. The van der Waals surface area contributed by atoms with Gasteiger partial charge in [-0.05, 0) is 31.9 Å². The number of carbonyl (C=O) groups is 1. The van der Waals surface area contributed by atoms with Gasteiger partial charge in [-0.3, -0.25) is 9.78 Å². The fraction of sp³-hybridized carbons (Fsp3) is 0.571. The van der Waals surface area contributed by atoms with Crippen LogP contribution in [0.25, 0.3) is 0 Å². The molecule has 0 atom stereocenters. The Morgan fingerprint density at radius 1 is 1.39 bits per heavy atom. The molecule has 1 aliphatic rings. The maximum Gasteiger partial charge on any atom is 0.240 e. The van der Waals surface area contributed by atoms with Crippen molar-refractivity contribution in [2.45, 2.75) is 38.6 Å². The molecule has 0 bridgehead atoms. The molecule has 0 radical (unpaired) electrons. The lowest BCUT2D eigenvalue weighted by Crippen LogP contribution is -2.41. The molecule has 98 valence electrons. The van der Waals surface area contributed by atoms with Crippen LogP contribution in [0.4, 0.5) is 5.69 Å². The summed E-state index contributed by atoms with van der Waals surface area (Å²) in [5.74, 6) is 0.135. The van der Waals surface area contributed by atoms with Gasteiger partial charge in [0.05, 0.1) is 6.54 Å². The third-order valence-corrected chi connectivity index (χ3v) is 3.49. The predicted octanol–water partition coefficient (Wildman–Crippen LogP) is 1.97. The maximum absolute atomic E-state index is 12.2. The topological polar surface area (TPSA) is 45.2 Å². The van der Waals surface area contributed by atoms with Gasteiger partial charge in [-0.2, -0.15) is 0 Å². The Morgan fingerprint density at radius 2 is 2.06 bits per heavy atom. The van der Waals surface area contributed by atoms with Crippen molar-refractivity contribution in [1.29, 1.82) is 0 Å². The Morgan fingerprint density at radius 3 is 2.67 bits per heavy atom. The molecule has 1 amide bonds. The maximum atomic E-state index is 12.2. The summed E-state index contributed by atoms with van der Waals surface area (Å²) in [6.45, 7) is 3.12. The van der Waals surface area contributed by atoms with E-state index < -0.39 is 0 Å². The van der Waals surface area contributed by atoms with Gasteiger partial charge >= 0.3 is 0 Å². The predicted molar refractivity (Wildman–Crippen MR) is 72.5 cm³/mol. The van der Waals surface area contributed by atoms with Crippen LogP contribution >= 0.6 is 0 Å². The van der Waals surface area contributed by atoms with Crippen molar-refractivity contribution in [3.63, 3.8) is 0 Å². The minimum absolute atomic E-state index is 0.135. The molecule has 2 rings (SSSR count). The molecule has 1 N–H and O–H groups in total. The fourth-order valence-electron chi connectivity index (χ4n) is 2.48. The summed E-state index contributed by atoms with van der Waals surface area (Å²) < 4.78 is 0. The molecule has 1 aromatic heterocycles. The zero-order valence-corrected chi connectivity index (χ0v) is 10.9. The van der Waals surface area contributed by atoms with E-state index in [1.165, 1.54) is 25.7 Å². The van der Waals surface area contributed by atoms with Gasteiger partial charge < -0.3 is 10.2 Å². The molecular weight excluding hydrogens is 226 g/mol. The monoisotopic (exact) mass is 247 g/mol. The molecule has 0 saturated heterocycles. The van der Waals surface area contributed by atoms with E-state index in [1.54, 1.807) is 17.3 Å². The van der Waals surface area contributed by atoms with Gasteiger partial charge in [-0.25, -0.2) is 0 Å². The second-order valence-corrected chi connectivity index (χ2v) is 4.71. The largest absolute Gasteiger partial charge is 0.311 e. The fourth-order valence-corrected chi connectivity index (χ4v) is 2.48. The van der Waals surface area contributed by atoms with Gasteiger partial charge in [0.2, 0.25) is 5.91 Å². The van der Waals surface area contributed by atoms with Crippen molar-refractivity contribution in [2.24, 2.45) is 0 Å². The molecule has 0 aromatic carbocycles. The van der Waals surface area contributed by atoms with Gasteiger partial charge in [0.25, 0.3) is 0 Å². The van der Waals surface area contributed by atoms with E-state index in [9.17, 15) is 4.79 Å². The normalized spacial score (nSPS) is 15.8. The minimum Gasteiger partial charge on any atom is -0.311 e. The Hall–Kier alpha value is -1.42. The highest BCUT2D eigenvalue weighted by Crippen LogP contribution is 2.17. The van der Waals surface area contributed by atoms with Crippen LogP contribution in [0.5, 0.6) is 0 Å². The van der Waals surface area contributed by atoms with E-state index in [4.69, 9.17) is 0 Å². The first-order chi connectivity index (χ1) is 8.81. The Bertz CT molecular complexity index is 374. The SMILES string of the molecule is CCN(C(=O)CNC1CCCC1)c1ccncc1. The third-order valence-electron chi connectivity index (χ3n) is 3.49. The number of hydrogen-bond acceptors (Lipinski definition) is 3. The summed E-state index contributed by atoms with van der Waals surface area (Å²) in [4.78, 5) is 17.9. The van der Waals surface area contributed by atoms with Crippen LogP contribution in [0.15, 0.2) is 24.5 Å². The first-order valence-electron chi connectivity index (χ1n) is 6.75. The lowest BCUT2D eigenvalue weighted by Gasteiger charge is -2.22. The van der Waals surface area contributed by atoms with E-state index in [0.717, 1.165) is 5.69 Å². The highest BCUT2D eigenvalue weighted by atomic mass is 16.2. The van der Waals surface area contributed by atoms with Crippen LogP contribution < -0.4 is 10.2 Å². The molecule has 1 heterocycles. The van der Waals surface area contributed by atoms with Crippen LogP contribution in [-0.4, -0.2) is 30.0 Å². The zero-order valence-electron chi connectivity index (χ0n) is 10.9. The lowest BCUT2D eigenvalue weighted by molar-refractivity contribution is -0.117. The minimum atomic E-state index is 0.135. The van der Waals surface area contributed by atoms with Crippen molar-refractivity contribution in [3.8, 4) is 0 Å². The second-order valence-electron chi connectivity index (χ2n) is 4.71. The Labute approximate surface area is 108 Å². The molecule has 1 fully saturated rings. The number of hydrogen-bond donors (Lipinski definition) is 1. The number of nitrogens with one attached hydrogen (secondary N) is 1. The highest BCUT2D eigenvalue weighted by Gasteiger charge is 2.18. The van der Waals surface area contributed by atoms with E-state index in [0.29, 0.717) is 19.1 Å². The second kappa shape index (κ2) is 6.50. The molecule has 1 aliphatic carbocycles. The molecule has 18 heavy (non-hydrogen) atoms. The van der Waals surface area contributed by atoms with E-state index in [2.05, 4.69) is 10.3 Å². The van der Waals surface area contributed by atoms with E-state index in [1.807, 2.05) is 19.1 Å². The summed E-state index contributed by atoms with van der Waals surface area (Å²) in [6.07, 6.45) is 8.41. The first kappa shape index (κ1) is 13.0. The van der Waals surface area contributed by atoms with Gasteiger partial charge in [-0.15, -0.1) is 0 Å². The summed E-state index contributed by atoms with van der Waals surface area (Å²) in [5.41, 5.74) is 0.922. The van der Waals surface area contributed by atoms with Gasteiger partial charge in [0.1, 0.15) is 0 Å². The van der Waals surface area contributed by atoms with Crippen molar-refractivity contribution in [3.05, 3.63) is 24.5 Å². The van der Waals surface area contributed by atoms with Crippen molar-refractivity contribution in [1.82, 2.24) is 10.3 Å². The Balaban J connectivity index is 1.89. The van der Waals surface area contributed by atoms with Crippen LogP contribution in [0.1, 0.15) is 32.6 Å². The summed E-state index contributed by atoms with van der Waals surface area (Å²) in [7, 11) is 0. The summed E-state index contributed by atoms with van der Waals surface area (Å²) in [5, 5.41) is 3.36. The zero-order chi connectivity index (χ0) is 12.8. The standard InChI is InChI=1S/C14H21N3O/c1-2-17(13-7-9-15-10-8-13)14(18)11-16-12-5-3-4-6-12/h7-10,12,16H,2-6,11H2,1H3. The van der Waals surface area contributed by atoms with Gasteiger partial charge in [0.15, 0.2) is 0 Å². The number of nitrogens with zero attached hydrogens (tertiary/aromatic N) is 2. The number of likely N-dealkylation sites (N-methyl/N-ethyl adjacent to an activating group) is 1. The van der Waals surface area contributed by atoms with Crippen LogP contribution in [0, 0.1) is 0 Å². The molecule has 4 heteroatoms. The summed E-state index contributed by atoms with van der Waals surface area (Å²) >= 11 is 0. The van der Waals surface area contributed by atoms with Crippen molar-refractivity contribution in [2.75, 3.05) is 18.0 Å². The number of aromatic nitrogens is 1. The molecule has 0 spiro atoms. The average Bonchev–Trinajstić information content (AvgIpc) is 2.92. The molecule has 1 aromatic rings. The number of anilines is 1. The lowest BCUT2D eigenvalue weighted by atomic mass is 10.2. The quantitative estimate of drug-likeness (QED) is 0.865. The number of amides is 1. The van der Waals surface area contributed by atoms with Crippen molar-refractivity contribution >= 4 is 11.6 Å². The number of carbonyl (C=O) groups excluding carboxylic acids is 1. The van der Waals surface area contributed by atoms with Crippen LogP contribution in [0.2, 0.25) is 0 Å². The average molecular weight is 247 g/mol. The first-order valence-corrected chi connectivity index (χ1v) is 6.75. The molecule has 0 unspecified atom stereocenters. The molecule has 0 aliphatic heterocycles. The van der Waals surface area contributed by atoms with Crippen LogP contribution in [0.3, 0.4) is 0 Å². The van der Waals surface area contributed by atoms with Crippen LogP contribution in [-0.2, 0) is 4.79 Å². The smallest absolute Gasteiger partial charge is 0.240 e. The summed E-state index contributed by atoms with van der Waals surface area (Å²) in [6, 6.07) is 4.28. The number of pyridine rings is 1. The van der Waals surface area contributed by atoms with E-state index >= 15 is 0 Å². The molecular formula is C14H21N3O. The third kappa shape index (κ3) is 3.29. The highest BCUT2D eigenvalue weighted by molar-refractivity contribution is 5.94. The molecule has 4 nitrogen and oxygen atoms in total. The van der Waals surface area contributed by atoms with Crippen molar-refractivity contribution < 1.29 is 4.79 Å². The van der Waals surface area contributed by atoms with E-state index in [-0.39, 0.29) is 5.91 Å². The van der Waals surface area contributed by atoms with Gasteiger partial charge in [0, 0.05) is 30.7 Å². The number of rotatable bonds is 5. The van der Waals surface area contributed by atoms with Gasteiger partial charge in [-0.1, -0.05) is 12.8 Å².